The molecule has 1 aromatic carbocycles. The highest BCUT2D eigenvalue weighted by molar-refractivity contribution is 5.72. The maximum atomic E-state index is 10.7. The summed E-state index contributed by atoms with van der Waals surface area (Å²) in [6.45, 7) is 3.80. The Hall–Kier alpha value is -1.39. The number of benzene rings is 1. The molecule has 2 atom stereocenters. The van der Waals surface area contributed by atoms with Crippen molar-refractivity contribution in [3.8, 4) is 0 Å². The molecule has 18 heavy (non-hydrogen) atoms. The molecule has 4 nitrogen and oxygen atoms in total. The SMILES string of the molecule is CCc1ccccc1C(O)C(O)CCNC(C)=O. The molecule has 0 aliphatic carbocycles. The lowest BCUT2D eigenvalue weighted by Crippen LogP contribution is -2.28. The van der Waals surface area contributed by atoms with Gasteiger partial charge in [0.15, 0.2) is 0 Å². The van der Waals surface area contributed by atoms with Crippen molar-refractivity contribution in [1.29, 1.82) is 0 Å². The van der Waals surface area contributed by atoms with Crippen LogP contribution in [0.1, 0.15) is 37.5 Å². The van der Waals surface area contributed by atoms with E-state index in [-0.39, 0.29) is 5.91 Å². The van der Waals surface area contributed by atoms with E-state index in [1.165, 1.54) is 6.92 Å². The molecule has 0 aliphatic heterocycles. The number of hydrogen-bond acceptors (Lipinski definition) is 3. The molecule has 1 aromatic rings. The summed E-state index contributed by atoms with van der Waals surface area (Å²) in [5, 5.41) is 22.6. The highest BCUT2D eigenvalue weighted by Crippen LogP contribution is 2.22. The van der Waals surface area contributed by atoms with Crippen LogP contribution in [0.15, 0.2) is 24.3 Å². The third-order valence-corrected chi connectivity index (χ3v) is 2.93. The van der Waals surface area contributed by atoms with Gasteiger partial charge in [0.2, 0.25) is 5.91 Å². The standard InChI is InChI=1S/C14H21NO3/c1-3-11-6-4-5-7-12(11)14(18)13(17)8-9-15-10(2)16/h4-7,13-14,17-18H,3,8-9H2,1-2H3,(H,15,16). The van der Waals surface area contributed by atoms with Crippen LogP contribution in [0, 0.1) is 0 Å². The minimum absolute atomic E-state index is 0.134. The number of hydrogen-bond donors (Lipinski definition) is 3. The van der Waals surface area contributed by atoms with Gasteiger partial charge in [0.25, 0.3) is 0 Å². The van der Waals surface area contributed by atoms with E-state index in [4.69, 9.17) is 0 Å². The van der Waals surface area contributed by atoms with E-state index in [9.17, 15) is 15.0 Å². The summed E-state index contributed by atoms with van der Waals surface area (Å²) < 4.78 is 0. The van der Waals surface area contributed by atoms with Crippen molar-refractivity contribution >= 4 is 5.91 Å². The zero-order valence-corrected chi connectivity index (χ0v) is 10.9. The van der Waals surface area contributed by atoms with Crippen molar-refractivity contribution in [2.75, 3.05) is 6.54 Å². The first-order valence-electron chi connectivity index (χ1n) is 6.24. The molecule has 0 saturated heterocycles. The van der Waals surface area contributed by atoms with Crippen molar-refractivity contribution in [1.82, 2.24) is 5.32 Å². The van der Waals surface area contributed by atoms with Crippen LogP contribution < -0.4 is 5.32 Å². The Morgan fingerprint density at radius 2 is 2.00 bits per heavy atom. The lowest BCUT2D eigenvalue weighted by Gasteiger charge is -2.20. The molecule has 0 aliphatic rings. The minimum Gasteiger partial charge on any atom is -0.390 e. The van der Waals surface area contributed by atoms with Gasteiger partial charge in [-0.15, -0.1) is 0 Å². The van der Waals surface area contributed by atoms with E-state index in [2.05, 4.69) is 5.32 Å². The zero-order valence-electron chi connectivity index (χ0n) is 10.9. The fourth-order valence-electron chi connectivity index (χ4n) is 1.91. The van der Waals surface area contributed by atoms with Crippen LogP contribution in [0.5, 0.6) is 0 Å². The molecule has 1 rings (SSSR count). The van der Waals surface area contributed by atoms with Crippen molar-refractivity contribution in [2.24, 2.45) is 0 Å². The zero-order chi connectivity index (χ0) is 13.5. The van der Waals surface area contributed by atoms with Crippen LogP contribution in [-0.4, -0.2) is 28.8 Å². The normalized spacial score (nSPS) is 14.0. The molecule has 0 spiro atoms. The molecule has 0 heterocycles. The minimum atomic E-state index is -0.907. The number of carbonyl (C=O) groups excluding carboxylic acids is 1. The molecular weight excluding hydrogens is 230 g/mol. The maximum Gasteiger partial charge on any atom is 0.216 e. The van der Waals surface area contributed by atoms with Gasteiger partial charge in [-0.05, 0) is 24.0 Å². The van der Waals surface area contributed by atoms with E-state index in [0.29, 0.717) is 13.0 Å². The molecule has 4 heteroatoms. The Bertz CT molecular complexity index is 392. The number of amides is 1. The second-order valence-corrected chi connectivity index (χ2v) is 4.34. The number of rotatable bonds is 6. The van der Waals surface area contributed by atoms with E-state index in [1.54, 1.807) is 0 Å². The number of aliphatic hydroxyl groups excluding tert-OH is 2. The average molecular weight is 251 g/mol. The Morgan fingerprint density at radius 3 is 2.61 bits per heavy atom. The maximum absolute atomic E-state index is 10.7. The molecule has 0 saturated carbocycles. The largest absolute Gasteiger partial charge is 0.390 e. The van der Waals surface area contributed by atoms with Crippen molar-refractivity contribution < 1.29 is 15.0 Å². The number of carbonyl (C=O) groups is 1. The summed E-state index contributed by atoms with van der Waals surface area (Å²) in [7, 11) is 0. The molecule has 0 radical (unpaired) electrons. The van der Waals surface area contributed by atoms with Gasteiger partial charge in [-0.1, -0.05) is 31.2 Å². The summed E-state index contributed by atoms with van der Waals surface area (Å²) in [6, 6.07) is 7.53. The smallest absolute Gasteiger partial charge is 0.216 e. The summed E-state index contributed by atoms with van der Waals surface area (Å²) >= 11 is 0. The molecule has 2 unspecified atom stereocenters. The van der Waals surface area contributed by atoms with Crippen LogP contribution in [0.25, 0.3) is 0 Å². The van der Waals surface area contributed by atoms with Gasteiger partial charge in [0, 0.05) is 13.5 Å². The highest BCUT2D eigenvalue weighted by Gasteiger charge is 2.19. The van der Waals surface area contributed by atoms with Crippen molar-refractivity contribution in [3.05, 3.63) is 35.4 Å². The van der Waals surface area contributed by atoms with Gasteiger partial charge in [0.1, 0.15) is 6.10 Å². The molecule has 0 bridgehead atoms. The lowest BCUT2D eigenvalue weighted by molar-refractivity contribution is -0.119. The monoisotopic (exact) mass is 251 g/mol. The fraction of sp³-hybridized carbons (Fsp3) is 0.500. The van der Waals surface area contributed by atoms with Crippen molar-refractivity contribution in [3.63, 3.8) is 0 Å². The molecule has 0 fully saturated rings. The van der Waals surface area contributed by atoms with Gasteiger partial charge in [-0.25, -0.2) is 0 Å². The van der Waals surface area contributed by atoms with Gasteiger partial charge >= 0.3 is 0 Å². The van der Waals surface area contributed by atoms with Crippen LogP contribution in [0.4, 0.5) is 0 Å². The summed E-state index contributed by atoms with van der Waals surface area (Å²) in [5.41, 5.74) is 1.79. The van der Waals surface area contributed by atoms with Crippen LogP contribution >= 0.6 is 0 Å². The predicted molar refractivity (Wildman–Crippen MR) is 70.1 cm³/mol. The van der Waals surface area contributed by atoms with Gasteiger partial charge in [-0.3, -0.25) is 4.79 Å². The van der Waals surface area contributed by atoms with E-state index in [0.717, 1.165) is 17.5 Å². The first kappa shape index (κ1) is 14.7. The van der Waals surface area contributed by atoms with Crippen LogP contribution in [-0.2, 0) is 11.2 Å². The molecular formula is C14H21NO3. The van der Waals surface area contributed by atoms with Crippen LogP contribution in [0.3, 0.4) is 0 Å². The second-order valence-electron chi connectivity index (χ2n) is 4.34. The number of aliphatic hydroxyl groups is 2. The quantitative estimate of drug-likeness (QED) is 0.711. The topological polar surface area (TPSA) is 69.6 Å². The molecule has 100 valence electrons. The summed E-state index contributed by atoms with van der Waals surface area (Å²) in [4.78, 5) is 10.7. The lowest BCUT2D eigenvalue weighted by atomic mass is 9.96. The summed E-state index contributed by atoms with van der Waals surface area (Å²) in [6.07, 6.45) is -0.635. The van der Waals surface area contributed by atoms with Gasteiger partial charge in [-0.2, -0.15) is 0 Å². The Labute approximate surface area is 108 Å². The molecule has 1 amide bonds. The van der Waals surface area contributed by atoms with Gasteiger partial charge in [0.05, 0.1) is 6.10 Å². The first-order chi connectivity index (χ1) is 8.56. The third kappa shape index (κ3) is 4.13. The highest BCUT2D eigenvalue weighted by atomic mass is 16.3. The summed E-state index contributed by atoms with van der Waals surface area (Å²) in [5.74, 6) is -0.134. The van der Waals surface area contributed by atoms with E-state index < -0.39 is 12.2 Å². The molecule has 3 N–H and O–H groups in total. The van der Waals surface area contributed by atoms with E-state index in [1.807, 2.05) is 31.2 Å². The van der Waals surface area contributed by atoms with Gasteiger partial charge < -0.3 is 15.5 Å². The predicted octanol–water partition coefficient (Wildman–Crippen LogP) is 1.17. The van der Waals surface area contributed by atoms with Crippen molar-refractivity contribution in [2.45, 2.75) is 38.9 Å². The Balaban J connectivity index is 2.62. The Morgan fingerprint density at radius 1 is 1.33 bits per heavy atom. The molecule has 0 aromatic heterocycles. The first-order valence-corrected chi connectivity index (χ1v) is 6.24. The number of aryl methyl sites for hydroxylation is 1. The number of nitrogens with one attached hydrogen (secondary N) is 1. The fourth-order valence-corrected chi connectivity index (χ4v) is 1.91. The van der Waals surface area contributed by atoms with E-state index >= 15 is 0 Å². The average Bonchev–Trinajstić information content (AvgIpc) is 2.37. The third-order valence-electron chi connectivity index (χ3n) is 2.93. The second kappa shape index (κ2) is 7.13. The Kier molecular flexibility index (Phi) is 5.82. The van der Waals surface area contributed by atoms with Crippen LogP contribution in [0.2, 0.25) is 0 Å².